The molecule has 1 unspecified atom stereocenters. The summed E-state index contributed by atoms with van der Waals surface area (Å²) in [5, 5.41) is 7.86. The first-order valence-corrected chi connectivity index (χ1v) is 6.23. The Bertz CT molecular complexity index is 480. The van der Waals surface area contributed by atoms with Crippen molar-refractivity contribution in [2.75, 3.05) is 23.8 Å². The van der Waals surface area contributed by atoms with Gasteiger partial charge < -0.3 is 10.2 Å². The molecule has 16 heavy (non-hydrogen) atoms. The first-order chi connectivity index (χ1) is 7.84. The fourth-order valence-electron chi connectivity index (χ4n) is 2.05. The lowest BCUT2D eigenvalue weighted by molar-refractivity contribution is 0.707. The fourth-order valence-corrected chi connectivity index (χ4v) is 2.88. The molecule has 3 rings (SSSR count). The van der Waals surface area contributed by atoms with E-state index in [-0.39, 0.29) is 6.04 Å². The number of hydrogen-bond donors (Lipinski definition) is 1. The largest absolute Gasteiger partial charge is 0.373 e. The molecule has 0 radical (unpaired) electrons. The Hall–Kier alpha value is -1.55. The molecule has 0 aliphatic carbocycles. The van der Waals surface area contributed by atoms with Gasteiger partial charge in [0.2, 0.25) is 0 Å². The van der Waals surface area contributed by atoms with Crippen molar-refractivity contribution in [1.82, 2.24) is 4.98 Å². The minimum atomic E-state index is 0.285. The van der Waals surface area contributed by atoms with Crippen LogP contribution in [0.5, 0.6) is 0 Å². The molecule has 2 aromatic rings. The van der Waals surface area contributed by atoms with Gasteiger partial charge in [-0.1, -0.05) is 6.07 Å². The first kappa shape index (κ1) is 9.66. The molecule has 1 N–H and O–H groups in total. The Morgan fingerprint density at radius 2 is 2.38 bits per heavy atom. The number of thiophene rings is 1. The molecule has 3 heterocycles. The first-order valence-electron chi connectivity index (χ1n) is 5.29. The number of nitrogens with zero attached hydrogens (tertiary/aromatic N) is 2. The number of nitrogens with one attached hydrogen (secondary N) is 1. The van der Waals surface area contributed by atoms with Crippen molar-refractivity contribution < 1.29 is 0 Å². The Morgan fingerprint density at radius 3 is 3.19 bits per heavy atom. The molecule has 2 aromatic heterocycles. The second-order valence-corrected chi connectivity index (χ2v) is 4.75. The van der Waals surface area contributed by atoms with Gasteiger partial charge in [0.1, 0.15) is 0 Å². The van der Waals surface area contributed by atoms with Crippen LogP contribution < -0.4 is 10.2 Å². The van der Waals surface area contributed by atoms with E-state index in [1.54, 1.807) is 11.3 Å². The molecule has 0 saturated carbocycles. The minimum absolute atomic E-state index is 0.285. The van der Waals surface area contributed by atoms with Gasteiger partial charge in [-0.05, 0) is 12.1 Å². The van der Waals surface area contributed by atoms with E-state index >= 15 is 0 Å². The summed E-state index contributed by atoms with van der Waals surface area (Å²) in [4.78, 5) is 6.69. The standard InChI is InChI=1S/C12H13N3S/c1-15-6-10(9-4-2-3-5-13-9)14-11-7-16-8-12(11)15/h2-5,7-8,10,14H,6H2,1H3. The number of hydrogen-bond acceptors (Lipinski definition) is 4. The Labute approximate surface area is 98.7 Å². The van der Waals surface area contributed by atoms with Crippen LogP contribution in [-0.2, 0) is 0 Å². The zero-order valence-corrected chi connectivity index (χ0v) is 9.87. The Kier molecular flexibility index (Phi) is 2.29. The molecule has 0 bridgehead atoms. The number of anilines is 2. The highest BCUT2D eigenvalue weighted by Gasteiger charge is 2.23. The maximum atomic E-state index is 4.41. The molecular weight excluding hydrogens is 218 g/mol. The molecule has 0 fully saturated rings. The molecule has 1 atom stereocenters. The number of fused-ring (bicyclic) bond motifs is 1. The van der Waals surface area contributed by atoms with Crippen LogP contribution >= 0.6 is 11.3 Å². The summed E-state index contributed by atoms with van der Waals surface area (Å²) in [6.07, 6.45) is 1.85. The van der Waals surface area contributed by atoms with Crippen molar-refractivity contribution in [3.8, 4) is 0 Å². The predicted molar refractivity (Wildman–Crippen MR) is 68.2 cm³/mol. The van der Waals surface area contributed by atoms with Crippen LogP contribution in [0.2, 0.25) is 0 Å². The SMILES string of the molecule is CN1CC(c2ccccn2)Nc2cscc21. The summed E-state index contributed by atoms with van der Waals surface area (Å²) in [5.41, 5.74) is 3.61. The van der Waals surface area contributed by atoms with E-state index in [0.29, 0.717) is 0 Å². The summed E-state index contributed by atoms with van der Waals surface area (Å²) < 4.78 is 0. The summed E-state index contributed by atoms with van der Waals surface area (Å²) in [7, 11) is 2.13. The molecule has 1 aliphatic heterocycles. The van der Waals surface area contributed by atoms with Crippen LogP contribution in [0.25, 0.3) is 0 Å². The molecule has 82 valence electrons. The summed E-state index contributed by atoms with van der Waals surface area (Å²) in [6.45, 7) is 0.959. The quantitative estimate of drug-likeness (QED) is 0.818. The molecule has 3 nitrogen and oxygen atoms in total. The zero-order valence-electron chi connectivity index (χ0n) is 9.05. The lowest BCUT2D eigenvalue weighted by atomic mass is 10.1. The van der Waals surface area contributed by atoms with Gasteiger partial charge in [-0.2, -0.15) is 0 Å². The average Bonchev–Trinajstić information content (AvgIpc) is 2.79. The van der Waals surface area contributed by atoms with E-state index in [9.17, 15) is 0 Å². The Balaban J connectivity index is 1.92. The number of aromatic nitrogens is 1. The number of likely N-dealkylation sites (N-methyl/N-ethyl adjacent to an activating group) is 1. The maximum Gasteiger partial charge on any atom is 0.0861 e. The van der Waals surface area contributed by atoms with Gasteiger partial charge in [-0.3, -0.25) is 4.98 Å². The van der Waals surface area contributed by atoms with Crippen molar-refractivity contribution in [2.45, 2.75) is 6.04 Å². The third-order valence-corrected chi connectivity index (χ3v) is 3.61. The van der Waals surface area contributed by atoms with Crippen LogP contribution in [0, 0.1) is 0 Å². The van der Waals surface area contributed by atoms with E-state index in [4.69, 9.17) is 0 Å². The van der Waals surface area contributed by atoms with E-state index < -0.39 is 0 Å². The van der Waals surface area contributed by atoms with Crippen LogP contribution in [0.15, 0.2) is 35.2 Å². The second kappa shape index (κ2) is 3.79. The van der Waals surface area contributed by atoms with Gasteiger partial charge in [0.25, 0.3) is 0 Å². The van der Waals surface area contributed by atoms with Crippen molar-refractivity contribution in [3.63, 3.8) is 0 Å². The molecular formula is C12H13N3S. The number of pyridine rings is 1. The van der Waals surface area contributed by atoms with Crippen LogP contribution in [0.4, 0.5) is 11.4 Å². The van der Waals surface area contributed by atoms with E-state index in [0.717, 1.165) is 12.2 Å². The zero-order chi connectivity index (χ0) is 11.0. The second-order valence-electron chi connectivity index (χ2n) is 4.00. The molecule has 0 amide bonds. The highest BCUT2D eigenvalue weighted by Crippen LogP contribution is 2.36. The van der Waals surface area contributed by atoms with Gasteiger partial charge in [-0.25, -0.2) is 0 Å². The topological polar surface area (TPSA) is 28.2 Å². The van der Waals surface area contributed by atoms with Gasteiger partial charge in [0.15, 0.2) is 0 Å². The van der Waals surface area contributed by atoms with E-state index in [1.807, 2.05) is 18.3 Å². The van der Waals surface area contributed by atoms with Crippen molar-refractivity contribution in [1.29, 1.82) is 0 Å². The third-order valence-electron chi connectivity index (χ3n) is 2.88. The molecule has 0 saturated heterocycles. The average molecular weight is 231 g/mol. The summed E-state index contributed by atoms with van der Waals surface area (Å²) in [5.74, 6) is 0. The fraction of sp³-hybridized carbons (Fsp3) is 0.250. The molecule has 4 heteroatoms. The van der Waals surface area contributed by atoms with Gasteiger partial charge in [0, 0.05) is 30.5 Å². The monoisotopic (exact) mass is 231 g/mol. The van der Waals surface area contributed by atoms with Crippen LogP contribution in [0.1, 0.15) is 11.7 Å². The minimum Gasteiger partial charge on any atom is -0.373 e. The van der Waals surface area contributed by atoms with Gasteiger partial charge in [0.05, 0.1) is 23.1 Å². The molecule has 1 aliphatic rings. The normalized spacial score (nSPS) is 19.1. The summed E-state index contributed by atoms with van der Waals surface area (Å²) >= 11 is 1.73. The van der Waals surface area contributed by atoms with Crippen molar-refractivity contribution in [2.24, 2.45) is 0 Å². The molecule has 0 spiro atoms. The van der Waals surface area contributed by atoms with Gasteiger partial charge >= 0.3 is 0 Å². The van der Waals surface area contributed by atoms with Crippen molar-refractivity contribution in [3.05, 3.63) is 40.8 Å². The van der Waals surface area contributed by atoms with Crippen molar-refractivity contribution >= 4 is 22.7 Å². The maximum absolute atomic E-state index is 4.41. The van der Waals surface area contributed by atoms with Crippen LogP contribution in [0.3, 0.4) is 0 Å². The number of rotatable bonds is 1. The highest BCUT2D eigenvalue weighted by molar-refractivity contribution is 7.09. The van der Waals surface area contributed by atoms with E-state index in [1.165, 1.54) is 11.4 Å². The molecule has 0 aromatic carbocycles. The smallest absolute Gasteiger partial charge is 0.0861 e. The Morgan fingerprint density at radius 1 is 1.44 bits per heavy atom. The lowest BCUT2D eigenvalue weighted by Gasteiger charge is -2.32. The lowest BCUT2D eigenvalue weighted by Crippen LogP contribution is -2.33. The predicted octanol–water partition coefficient (Wildman–Crippen LogP) is 2.75. The van der Waals surface area contributed by atoms with Crippen LogP contribution in [-0.4, -0.2) is 18.6 Å². The van der Waals surface area contributed by atoms with Gasteiger partial charge in [-0.15, -0.1) is 11.3 Å². The summed E-state index contributed by atoms with van der Waals surface area (Å²) in [6, 6.07) is 6.34. The highest BCUT2D eigenvalue weighted by atomic mass is 32.1. The third kappa shape index (κ3) is 1.55. The van der Waals surface area contributed by atoms with E-state index in [2.05, 4.69) is 39.1 Å².